The highest BCUT2D eigenvalue weighted by Gasteiger charge is 2.45. The first kappa shape index (κ1) is 30.9. The zero-order valence-electron chi connectivity index (χ0n) is 22.8. The average Bonchev–Trinajstić information content (AvgIpc) is 3.48. The maximum absolute atomic E-state index is 12.2. The lowest BCUT2D eigenvalue weighted by Crippen LogP contribution is -2.33. The number of aromatic nitrogens is 4. The van der Waals surface area contributed by atoms with Gasteiger partial charge in [0.15, 0.2) is 28.4 Å². The molecule has 1 aliphatic rings. The third-order valence-corrected chi connectivity index (χ3v) is 7.00. The lowest BCUT2D eigenvalue weighted by Gasteiger charge is -2.19. The molecule has 0 spiro atoms. The van der Waals surface area contributed by atoms with Gasteiger partial charge in [-0.25, -0.2) is 30.0 Å². The van der Waals surface area contributed by atoms with E-state index in [1.165, 1.54) is 10.9 Å². The summed E-state index contributed by atoms with van der Waals surface area (Å²) in [6.07, 6.45) is -3.73. The number of hydrogen-bond donors (Lipinski definition) is 6. The lowest BCUT2D eigenvalue weighted by molar-refractivity contribution is -0.0548. The summed E-state index contributed by atoms with van der Waals surface area (Å²) >= 11 is 1.12. The number of benzene rings is 1. The summed E-state index contributed by atoms with van der Waals surface area (Å²) < 4.78 is 18.2. The Hall–Kier alpha value is -4.03. The number of hydrazone groups is 1. The van der Waals surface area contributed by atoms with Crippen molar-refractivity contribution in [3.05, 3.63) is 36.2 Å². The van der Waals surface area contributed by atoms with Crippen molar-refractivity contribution < 1.29 is 39.1 Å². The highest BCUT2D eigenvalue weighted by atomic mass is 32.2. The first-order chi connectivity index (χ1) is 20.1. The SMILES string of the molecule is CC(C)COC(=O)c1ccc(OC/C(CSc2nc3c(N)ncnc3n2[C@@H]2O[C@H](CO)[C@@H](O)[C@H]2O)=N\NC(N)=O)cc1. The number of fused-ring (bicyclic) bond motifs is 1. The van der Waals surface area contributed by atoms with Crippen molar-refractivity contribution in [1.29, 1.82) is 0 Å². The minimum atomic E-state index is -1.41. The second-order valence-corrected chi connectivity index (χ2v) is 10.6. The molecule has 3 aromatic rings. The molecule has 16 nitrogen and oxygen atoms in total. The van der Waals surface area contributed by atoms with Crippen molar-refractivity contribution in [3.63, 3.8) is 0 Å². The van der Waals surface area contributed by atoms with Crippen LogP contribution in [0.5, 0.6) is 5.75 Å². The van der Waals surface area contributed by atoms with Crippen molar-refractivity contribution in [1.82, 2.24) is 24.9 Å². The van der Waals surface area contributed by atoms with E-state index in [0.29, 0.717) is 23.6 Å². The molecule has 2 aromatic heterocycles. The van der Waals surface area contributed by atoms with E-state index in [-0.39, 0.29) is 40.4 Å². The Morgan fingerprint density at radius 2 is 1.95 bits per heavy atom. The number of aliphatic hydroxyl groups is 3. The highest BCUT2D eigenvalue weighted by Crippen LogP contribution is 2.36. The van der Waals surface area contributed by atoms with Gasteiger partial charge in [0.1, 0.15) is 37.0 Å². The number of primary amides is 1. The number of hydrogen-bond acceptors (Lipinski definition) is 14. The van der Waals surface area contributed by atoms with Crippen molar-refractivity contribution in [3.8, 4) is 5.75 Å². The Kier molecular flexibility index (Phi) is 10.1. The minimum absolute atomic E-state index is 0.0801. The summed E-state index contributed by atoms with van der Waals surface area (Å²) in [6.45, 7) is 3.59. The topological polar surface area (TPSA) is 243 Å². The van der Waals surface area contributed by atoms with Gasteiger partial charge in [-0.1, -0.05) is 25.6 Å². The fraction of sp³-hybridized carbons (Fsp3) is 0.440. The van der Waals surface area contributed by atoms with Crippen molar-refractivity contribution in [2.45, 2.75) is 43.5 Å². The van der Waals surface area contributed by atoms with E-state index in [1.54, 1.807) is 24.3 Å². The van der Waals surface area contributed by atoms with E-state index in [1.807, 2.05) is 13.8 Å². The summed E-state index contributed by atoms with van der Waals surface area (Å²) in [5.41, 5.74) is 14.5. The third-order valence-electron chi connectivity index (χ3n) is 5.98. The summed E-state index contributed by atoms with van der Waals surface area (Å²) in [5.74, 6) is 0.376. The van der Waals surface area contributed by atoms with Gasteiger partial charge in [0.05, 0.1) is 24.5 Å². The van der Waals surface area contributed by atoms with Gasteiger partial charge in [-0.2, -0.15) is 5.10 Å². The van der Waals surface area contributed by atoms with Crippen LogP contribution in [0.2, 0.25) is 0 Å². The number of ether oxygens (including phenoxy) is 3. The second kappa shape index (κ2) is 13.8. The number of nitrogens with two attached hydrogens (primary N) is 2. The normalized spacial score (nSPS) is 20.7. The van der Waals surface area contributed by atoms with E-state index in [2.05, 4.69) is 25.5 Å². The number of aliphatic hydroxyl groups excluding tert-OH is 3. The van der Waals surface area contributed by atoms with E-state index in [0.717, 1.165) is 11.8 Å². The highest BCUT2D eigenvalue weighted by molar-refractivity contribution is 7.99. The fourth-order valence-electron chi connectivity index (χ4n) is 3.90. The zero-order valence-corrected chi connectivity index (χ0v) is 23.6. The molecule has 1 aromatic carbocycles. The number of thioether (sulfide) groups is 1. The molecule has 0 aliphatic carbocycles. The molecule has 0 unspecified atom stereocenters. The monoisotopic (exact) mass is 604 g/mol. The van der Waals surface area contributed by atoms with Gasteiger partial charge in [0.25, 0.3) is 0 Å². The molecule has 2 amide bonds. The molecule has 1 saturated heterocycles. The molecular formula is C25H32N8O8S. The molecule has 17 heteroatoms. The van der Waals surface area contributed by atoms with Crippen molar-refractivity contribution >= 4 is 46.5 Å². The summed E-state index contributed by atoms with van der Waals surface area (Å²) in [7, 11) is 0. The maximum atomic E-state index is 12.2. The van der Waals surface area contributed by atoms with Crippen LogP contribution in [0.4, 0.5) is 10.6 Å². The molecule has 8 N–H and O–H groups in total. The number of anilines is 1. The van der Waals surface area contributed by atoms with Gasteiger partial charge in [0, 0.05) is 5.75 Å². The average molecular weight is 605 g/mol. The predicted octanol–water partition coefficient (Wildman–Crippen LogP) is 0.0282. The standard InChI is InChI=1S/C25H32N8O8S/c1-12(2)8-40-23(37)13-3-5-15(6-4-13)39-9-14(31-32-24(27)38)10-42-25-30-17-20(26)28-11-29-21(17)33(25)22-19(36)18(35)16(7-34)41-22/h3-6,11-12,16,18-19,22,34-36H,7-10H2,1-2H3,(H2,26,28,29)(H3,27,32,38)/b31-14+/t16-,18-,19-,22-/m1/s1. The minimum Gasteiger partial charge on any atom is -0.488 e. The van der Waals surface area contributed by atoms with E-state index in [4.69, 9.17) is 25.7 Å². The molecule has 4 atom stereocenters. The van der Waals surface area contributed by atoms with Gasteiger partial charge >= 0.3 is 12.0 Å². The Balaban J connectivity index is 1.51. The molecule has 226 valence electrons. The van der Waals surface area contributed by atoms with Crippen LogP contribution < -0.4 is 21.6 Å². The Morgan fingerprint density at radius 3 is 2.60 bits per heavy atom. The lowest BCUT2D eigenvalue weighted by atomic mass is 10.1. The van der Waals surface area contributed by atoms with Crippen LogP contribution in [0.25, 0.3) is 11.2 Å². The number of urea groups is 1. The number of carbonyl (C=O) groups excluding carboxylic acids is 2. The van der Waals surface area contributed by atoms with Gasteiger partial charge < -0.3 is 41.0 Å². The van der Waals surface area contributed by atoms with Gasteiger partial charge in [-0.05, 0) is 30.2 Å². The van der Waals surface area contributed by atoms with E-state index >= 15 is 0 Å². The van der Waals surface area contributed by atoms with Crippen molar-refractivity contribution in [2.24, 2.45) is 16.8 Å². The van der Waals surface area contributed by atoms with Crippen LogP contribution in [0.15, 0.2) is 40.9 Å². The quantitative estimate of drug-likeness (QED) is 0.0692. The van der Waals surface area contributed by atoms with Crippen LogP contribution in [-0.2, 0) is 9.47 Å². The van der Waals surface area contributed by atoms with Gasteiger partial charge in [-0.15, -0.1) is 0 Å². The predicted molar refractivity (Wildman–Crippen MR) is 151 cm³/mol. The van der Waals surface area contributed by atoms with E-state index in [9.17, 15) is 24.9 Å². The van der Waals surface area contributed by atoms with Crippen LogP contribution in [0.3, 0.4) is 0 Å². The van der Waals surface area contributed by atoms with Gasteiger partial charge in [0.2, 0.25) is 0 Å². The summed E-state index contributed by atoms with van der Waals surface area (Å²) in [6, 6.07) is 5.45. The van der Waals surface area contributed by atoms with Crippen LogP contribution in [0.1, 0.15) is 30.4 Å². The van der Waals surface area contributed by atoms with Crippen LogP contribution in [-0.4, -0.2) is 96.4 Å². The van der Waals surface area contributed by atoms with Gasteiger partial charge in [-0.3, -0.25) is 4.57 Å². The molecule has 3 heterocycles. The Labute approximate surface area is 244 Å². The largest absolute Gasteiger partial charge is 0.488 e. The smallest absolute Gasteiger partial charge is 0.338 e. The first-order valence-electron chi connectivity index (χ1n) is 12.8. The molecule has 0 saturated carbocycles. The number of nitrogen functional groups attached to an aromatic ring is 1. The maximum Gasteiger partial charge on any atom is 0.338 e. The number of esters is 1. The number of imidazole rings is 1. The fourth-order valence-corrected chi connectivity index (χ4v) is 4.83. The summed E-state index contributed by atoms with van der Waals surface area (Å²) in [4.78, 5) is 36.2. The molecular weight excluding hydrogens is 572 g/mol. The van der Waals surface area contributed by atoms with E-state index < -0.39 is 43.1 Å². The molecule has 4 rings (SSSR count). The molecule has 42 heavy (non-hydrogen) atoms. The van der Waals surface area contributed by atoms with Crippen LogP contribution >= 0.6 is 11.8 Å². The Bertz CT molecular complexity index is 1430. The number of carbonyl (C=O) groups is 2. The number of nitrogens with zero attached hydrogens (tertiary/aromatic N) is 5. The first-order valence-corrected chi connectivity index (χ1v) is 13.8. The molecule has 0 bridgehead atoms. The second-order valence-electron chi connectivity index (χ2n) is 9.67. The molecule has 1 fully saturated rings. The van der Waals surface area contributed by atoms with Crippen LogP contribution in [0, 0.1) is 5.92 Å². The molecule has 0 radical (unpaired) electrons. The summed E-state index contributed by atoms with van der Waals surface area (Å²) in [5, 5.41) is 34.8. The number of nitrogens with one attached hydrogen (secondary N) is 1. The molecule has 1 aliphatic heterocycles. The zero-order chi connectivity index (χ0) is 30.4. The third kappa shape index (κ3) is 7.24. The Morgan fingerprint density at radius 1 is 1.21 bits per heavy atom. The number of rotatable bonds is 12. The number of amides is 2. The van der Waals surface area contributed by atoms with Crippen molar-refractivity contribution in [2.75, 3.05) is 31.3 Å².